The summed E-state index contributed by atoms with van der Waals surface area (Å²) in [4.78, 5) is 9.95. The van der Waals surface area contributed by atoms with Gasteiger partial charge in [-0.1, -0.05) is 12.1 Å². The summed E-state index contributed by atoms with van der Waals surface area (Å²) in [5.74, 6) is 0. The molecule has 0 unspecified atom stereocenters. The van der Waals surface area contributed by atoms with Crippen molar-refractivity contribution in [1.29, 1.82) is 0 Å². The van der Waals surface area contributed by atoms with Crippen LogP contribution >= 0.6 is 0 Å². The van der Waals surface area contributed by atoms with Crippen molar-refractivity contribution in [2.75, 3.05) is 0 Å². The third kappa shape index (κ3) is 1.71. The average molecular weight is 201 g/mol. The molecule has 0 amide bonds. The second kappa shape index (κ2) is 3.69. The van der Waals surface area contributed by atoms with Gasteiger partial charge in [0.05, 0.1) is 4.92 Å². The molecule has 0 saturated heterocycles. The normalized spacial score (nSPS) is 10.6. The number of hydrogen-bond donors (Lipinski definition) is 0. The summed E-state index contributed by atoms with van der Waals surface area (Å²) in [7, 11) is 0. The molecule has 0 aliphatic carbocycles. The van der Waals surface area contributed by atoms with Crippen LogP contribution in [0.1, 0.15) is 23.1 Å². The van der Waals surface area contributed by atoms with Crippen LogP contribution in [0.4, 0.5) is 14.5 Å². The predicted molar refractivity (Wildman–Crippen MR) is 47.5 cm³/mol. The summed E-state index contributed by atoms with van der Waals surface area (Å²) < 4.78 is 24.8. The van der Waals surface area contributed by atoms with Crippen LogP contribution in [-0.2, 0) is 0 Å². The molecule has 1 rings (SSSR count). The van der Waals surface area contributed by atoms with Gasteiger partial charge in [0.15, 0.2) is 0 Å². The van der Waals surface area contributed by atoms with Crippen LogP contribution in [-0.4, -0.2) is 4.92 Å². The van der Waals surface area contributed by atoms with Crippen molar-refractivity contribution in [2.24, 2.45) is 0 Å². The minimum absolute atomic E-state index is 0.0463. The van der Waals surface area contributed by atoms with Crippen LogP contribution < -0.4 is 0 Å². The van der Waals surface area contributed by atoms with E-state index in [9.17, 15) is 18.9 Å². The number of rotatable bonds is 2. The molecule has 3 nitrogen and oxygen atoms in total. The average Bonchev–Trinajstić information content (AvgIpc) is 2.02. The summed E-state index contributed by atoms with van der Waals surface area (Å²) >= 11 is 0. The van der Waals surface area contributed by atoms with E-state index in [-0.39, 0.29) is 16.8 Å². The quantitative estimate of drug-likeness (QED) is 0.544. The first-order valence-corrected chi connectivity index (χ1v) is 3.97. The molecule has 0 saturated carbocycles. The number of nitro groups is 1. The lowest BCUT2D eigenvalue weighted by Crippen LogP contribution is -1.99. The summed E-state index contributed by atoms with van der Waals surface area (Å²) in [6.45, 7) is 2.87. The number of aryl methyl sites for hydroxylation is 1. The van der Waals surface area contributed by atoms with E-state index in [1.54, 1.807) is 0 Å². The maximum Gasteiger partial charge on any atom is 0.275 e. The third-order valence-electron chi connectivity index (χ3n) is 2.09. The summed E-state index contributed by atoms with van der Waals surface area (Å²) in [5, 5.41) is 10.6. The molecule has 14 heavy (non-hydrogen) atoms. The lowest BCUT2D eigenvalue weighted by molar-refractivity contribution is -0.386. The van der Waals surface area contributed by atoms with Crippen LogP contribution in [0.2, 0.25) is 0 Å². The highest BCUT2D eigenvalue weighted by Gasteiger charge is 2.21. The van der Waals surface area contributed by atoms with Gasteiger partial charge in [-0.3, -0.25) is 10.1 Å². The second-order valence-electron chi connectivity index (χ2n) is 3.00. The van der Waals surface area contributed by atoms with Gasteiger partial charge < -0.3 is 0 Å². The molecule has 0 aliphatic heterocycles. The SMILES string of the molecule is Cc1ccc(C(F)F)c(C)c1[N+](=O)[O-]. The molecule has 0 fully saturated rings. The number of alkyl halides is 2. The molecule has 0 aromatic heterocycles. The first-order chi connectivity index (χ1) is 6.45. The summed E-state index contributed by atoms with van der Waals surface area (Å²) in [5.41, 5.74) is -0.0491. The molecule has 0 radical (unpaired) electrons. The van der Waals surface area contributed by atoms with Gasteiger partial charge in [-0.15, -0.1) is 0 Å². The Balaban J connectivity index is 3.41. The highest BCUT2D eigenvalue weighted by molar-refractivity contribution is 5.50. The van der Waals surface area contributed by atoms with Crippen molar-refractivity contribution in [1.82, 2.24) is 0 Å². The molecule has 0 bridgehead atoms. The predicted octanol–water partition coefficient (Wildman–Crippen LogP) is 3.15. The number of nitro benzene ring substituents is 1. The number of benzene rings is 1. The topological polar surface area (TPSA) is 43.1 Å². The number of nitrogens with zero attached hydrogens (tertiary/aromatic N) is 1. The standard InChI is InChI=1S/C9H9F2NO2/c1-5-3-4-7(9(10)11)6(2)8(5)12(13)14/h3-4,9H,1-2H3. The van der Waals surface area contributed by atoms with Gasteiger partial charge in [0.1, 0.15) is 0 Å². The van der Waals surface area contributed by atoms with E-state index in [0.717, 1.165) is 0 Å². The number of halogens is 2. The Kier molecular flexibility index (Phi) is 2.78. The Morgan fingerprint density at radius 3 is 2.36 bits per heavy atom. The van der Waals surface area contributed by atoms with E-state index in [1.165, 1.54) is 26.0 Å². The van der Waals surface area contributed by atoms with Crippen LogP contribution in [0.15, 0.2) is 12.1 Å². The van der Waals surface area contributed by atoms with Crippen molar-refractivity contribution in [3.8, 4) is 0 Å². The fraction of sp³-hybridized carbons (Fsp3) is 0.333. The van der Waals surface area contributed by atoms with Gasteiger partial charge in [-0.2, -0.15) is 0 Å². The lowest BCUT2D eigenvalue weighted by atomic mass is 10.0. The zero-order chi connectivity index (χ0) is 10.9. The fourth-order valence-electron chi connectivity index (χ4n) is 1.37. The zero-order valence-corrected chi connectivity index (χ0v) is 7.75. The van der Waals surface area contributed by atoms with E-state index >= 15 is 0 Å². The minimum atomic E-state index is -2.67. The first-order valence-electron chi connectivity index (χ1n) is 3.97. The van der Waals surface area contributed by atoms with E-state index in [0.29, 0.717) is 5.56 Å². The molecule has 0 heterocycles. The van der Waals surface area contributed by atoms with E-state index in [2.05, 4.69) is 0 Å². The van der Waals surface area contributed by atoms with Crippen LogP contribution in [0, 0.1) is 24.0 Å². The largest absolute Gasteiger partial charge is 0.275 e. The number of hydrogen-bond acceptors (Lipinski definition) is 2. The highest BCUT2D eigenvalue weighted by atomic mass is 19.3. The molecule has 1 aromatic carbocycles. The van der Waals surface area contributed by atoms with Gasteiger partial charge >= 0.3 is 0 Å². The molecule has 1 aromatic rings. The van der Waals surface area contributed by atoms with Gasteiger partial charge in [-0.05, 0) is 13.8 Å². The van der Waals surface area contributed by atoms with Crippen molar-refractivity contribution in [3.05, 3.63) is 38.9 Å². The van der Waals surface area contributed by atoms with Crippen molar-refractivity contribution in [2.45, 2.75) is 20.3 Å². The van der Waals surface area contributed by atoms with Gasteiger partial charge in [0.25, 0.3) is 12.1 Å². The Morgan fingerprint density at radius 1 is 1.36 bits per heavy atom. The molecule has 0 N–H and O–H groups in total. The van der Waals surface area contributed by atoms with E-state index in [4.69, 9.17) is 0 Å². The van der Waals surface area contributed by atoms with Crippen LogP contribution in [0.3, 0.4) is 0 Å². The first kappa shape index (κ1) is 10.6. The monoisotopic (exact) mass is 201 g/mol. The van der Waals surface area contributed by atoms with Gasteiger partial charge in [-0.25, -0.2) is 8.78 Å². The molecule has 0 spiro atoms. The van der Waals surface area contributed by atoms with Crippen molar-refractivity contribution >= 4 is 5.69 Å². The van der Waals surface area contributed by atoms with Crippen molar-refractivity contribution in [3.63, 3.8) is 0 Å². The zero-order valence-electron chi connectivity index (χ0n) is 7.75. The molecule has 76 valence electrons. The Bertz CT molecular complexity index is 377. The Morgan fingerprint density at radius 2 is 1.93 bits per heavy atom. The second-order valence-corrected chi connectivity index (χ2v) is 3.00. The molecular formula is C9H9F2NO2. The van der Waals surface area contributed by atoms with E-state index in [1.807, 2.05) is 0 Å². The molecule has 0 aliphatic rings. The maximum atomic E-state index is 12.4. The van der Waals surface area contributed by atoms with Crippen LogP contribution in [0.25, 0.3) is 0 Å². The Hall–Kier alpha value is -1.52. The minimum Gasteiger partial charge on any atom is -0.258 e. The third-order valence-corrected chi connectivity index (χ3v) is 2.09. The highest BCUT2D eigenvalue weighted by Crippen LogP contribution is 2.31. The summed E-state index contributed by atoms with van der Waals surface area (Å²) in [6.07, 6.45) is -2.67. The fourth-order valence-corrected chi connectivity index (χ4v) is 1.37. The Labute approximate surface area is 79.5 Å². The maximum absolute atomic E-state index is 12.4. The molecule has 0 atom stereocenters. The van der Waals surface area contributed by atoms with Crippen LogP contribution in [0.5, 0.6) is 0 Å². The molecular weight excluding hydrogens is 192 g/mol. The molecule has 5 heteroatoms. The van der Waals surface area contributed by atoms with E-state index < -0.39 is 11.3 Å². The van der Waals surface area contributed by atoms with Gasteiger partial charge in [0.2, 0.25) is 0 Å². The smallest absolute Gasteiger partial charge is 0.258 e. The lowest BCUT2D eigenvalue weighted by Gasteiger charge is -2.06. The summed E-state index contributed by atoms with van der Waals surface area (Å²) in [6, 6.07) is 2.56. The van der Waals surface area contributed by atoms with Gasteiger partial charge in [0, 0.05) is 16.7 Å². The van der Waals surface area contributed by atoms with Crippen molar-refractivity contribution < 1.29 is 13.7 Å².